The van der Waals surface area contributed by atoms with Gasteiger partial charge in [-0.15, -0.1) is 0 Å². The highest BCUT2D eigenvalue weighted by molar-refractivity contribution is 5.97. The van der Waals surface area contributed by atoms with Gasteiger partial charge in [-0.1, -0.05) is 26.0 Å². The van der Waals surface area contributed by atoms with Gasteiger partial charge in [0.05, 0.1) is 18.9 Å². The molecule has 14 nitrogen and oxygen atoms in total. The first-order chi connectivity index (χ1) is 17.2. The molecule has 204 valence electrons. The summed E-state index contributed by atoms with van der Waals surface area (Å²) < 4.78 is 0. The average molecular weight is 524 g/mol. The molecule has 0 heterocycles. The molecule has 0 saturated carbocycles. The number of phenolic OH excluding ortho intramolecular Hbond substituents is 1. The van der Waals surface area contributed by atoms with Crippen molar-refractivity contribution in [2.75, 3.05) is 0 Å². The van der Waals surface area contributed by atoms with Gasteiger partial charge in [0.1, 0.15) is 23.9 Å². The van der Waals surface area contributed by atoms with E-state index in [9.17, 15) is 44.1 Å². The van der Waals surface area contributed by atoms with E-state index in [2.05, 4.69) is 16.0 Å². The van der Waals surface area contributed by atoms with Gasteiger partial charge in [-0.2, -0.15) is 0 Å². The largest absolute Gasteiger partial charge is 0.508 e. The summed E-state index contributed by atoms with van der Waals surface area (Å²) in [5, 5.41) is 34.4. The summed E-state index contributed by atoms with van der Waals surface area (Å²) in [6.45, 7) is 3.45. The lowest BCUT2D eigenvalue weighted by Crippen LogP contribution is -2.58. The molecule has 0 bridgehead atoms. The standard InChI is InChI=1S/C23H33N5O9/c1-11(2)7-17(23(36)37)28-22(35)16(10-19(31)32)27-21(34)15(9-18(25)30)26-20(33)14(24)8-12-3-5-13(29)6-4-12/h3-6,11,14-17,29H,7-10,24H2,1-2H3,(H2,25,30)(H,26,33)(H,27,34)(H,28,35)(H,31,32)(H,36,37). The van der Waals surface area contributed by atoms with Crippen LogP contribution in [0.4, 0.5) is 0 Å². The number of carboxylic acid groups (broad SMARTS) is 2. The van der Waals surface area contributed by atoms with E-state index in [1.54, 1.807) is 13.8 Å². The minimum Gasteiger partial charge on any atom is -0.508 e. The van der Waals surface area contributed by atoms with Crippen molar-refractivity contribution in [3.05, 3.63) is 29.8 Å². The molecule has 37 heavy (non-hydrogen) atoms. The number of hydrogen-bond donors (Lipinski definition) is 8. The van der Waals surface area contributed by atoms with Gasteiger partial charge in [-0.3, -0.25) is 24.0 Å². The quantitative estimate of drug-likeness (QED) is 0.128. The summed E-state index contributed by atoms with van der Waals surface area (Å²) in [6.07, 6.45) is -1.51. The number of amides is 4. The smallest absolute Gasteiger partial charge is 0.326 e. The second-order valence-electron chi connectivity index (χ2n) is 8.90. The number of rotatable bonds is 15. The van der Waals surface area contributed by atoms with Crippen molar-refractivity contribution in [2.24, 2.45) is 17.4 Å². The maximum absolute atomic E-state index is 12.8. The Bertz CT molecular complexity index is 997. The molecule has 10 N–H and O–H groups in total. The zero-order valence-corrected chi connectivity index (χ0v) is 20.5. The molecular formula is C23H33N5O9. The Hall–Kier alpha value is -4.20. The number of aliphatic carboxylic acids is 2. The van der Waals surface area contributed by atoms with Crippen molar-refractivity contribution in [3.63, 3.8) is 0 Å². The molecule has 0 spiro atoms. The molecule has 0 saturated heterocycles. The number of nitrogens with two attached hydrogens (primary N) is 2. The van der Waals surface area contributed by atoms with Crippen LogP contribution in [0.1, 0.15) is 38.7 Å². The number of primary amides is 1. The third kappa shape index (κ3) is 11.4. The van der Waals surface area contributed by atoms with Crippen molar-refractivity contribution in [1.29, 1.82) is 0 Å². The van der Waals surface area contributed by atoms with Gasteiger partial charge in [-0.25, -0.2) is 4.79 Å². The molecule has 0 aliphatic rings. The van der Waals surface area contributed by atoms with E-state index in [1.807, 2.05) is 0 Å². The number of nitrogens with one attached hydrogen (secondary N) is 3. The summed E-state index contributed by atoms with van der Waals surface area (Å²) in [6, 6.07) is 0.0600. The fourth-order valence-electron chi connectivity index (χ4n) is 3.29. The number of carbonyl (C=O) groups excluding carboxylic acids is 4. The van der Waals surface area contributed by atoms with Gasteiger partial charge in [0.25, 0.3) is 0 Å². The van der Waals surface area contributed by atoms with Crippen molar-refractivity contribution < 1.29 is 44.1 Å². The van der Waals surface area contributed by atoms with E-state index in [0.29, 0.717) is 5.56 Å². The van der Waals surface area contributed by atoms with Crippen molar-refractivity contribution in [2.45, 2.75) is 63.7 Å². The van der Waals surface area contributed by atoms with E-state index in [-0.39, 0.29) is 24.5 Å². The van der Waals surface area contributed by atoms with Crippen LogP contribution in [0.3, 0.4) is 0 Å². The van der Waals surface area contributed by atoms with Crippen molar-refractivity contribution >= 4 is 35.6 Å². The van der Waals surface area contributed by atoms with E-state index < -0.39 is 72.6 Å². The highest BCUT2D eigenvalue weighted by Crippen LogP contribution is 2.11. The van der Waals surface area contributed by atoms with Gasteiger partial charge < -0.3 is 42.7 Å². The number of benzene rings is 1. The van der Waals surface area contributed by atoms with E-state index in [1.165, 1.54) is 24.3 Å². The van der Waals surface area contributed by atoms with E-state index in [0.717, 1.165) is 0 Å². The predicted molar refractivity (Wildman–Crippen MR) is 129 cm³/mol. The first-order valence-electron chi connectivity index (χ1n) is 11.4. The highest BCUT2D eigenvalue weighted by Gasteiger charge is 2.32. The van der Waals surface area contributed by atoms with E-state index >= 15 is 0 Å². The Balaban J connectivity index is 2.98. The first-order valence-corrected chi connectivity index (χ1v) is 11.4. The summed E-state index contributed by atoms with van der Waals surface area (Å²) in [7, 11) is 0. The first kappa shape index (κ1) is 30.8. The monoisotopic (exact) mass is 523 g/mol. The molecule has 4 atom stereocenters. The number of carbonyl (C=O) groups is 6. The Morgan fingerprint density at radius 1 is 0.811 bits per heavy atom. The topological polar surface area (TPSA) is 251 Å². The van der Waals surface area contributed by atoms with Crippen LogP contribution >= 0.6 is 0 Å². The minimum absolute atomic E-state index is 0.0128. The van der Waals surface area contributed by atoms with Gasteiger partial charge in [-0.05, 0) is 36.5 Å². The SMILES string of the molecule is CC(C)CC(NC(=O)C(CC(=O)O)NC(=O)C(CC(N)=O)NC(=O)C(N)Cc1ccc(O)cc1)C(=O)O. The number of aromatic hydroxyl groups is 1. The van der Waals surface area contributed by atoms with Crippen LogP contribution in [0.15, 0.2) is 24.3 Å². The number of hydrogen-bond acceptors (Lipinski definition) is 8. The molecule has 1 aromatic rings. The Labute approximate surface area is 212 Å². The van der Waals surface area contributed by atoms with Crippen LogP contribution in [-0.4, -0.2) is 75.1 Å². The summed E-state index contributed by atoms with van der Waals surface area (Å²) in [5.74, 6) is -6.90. The fraction of sp³-hybridized carbons (Fsp3) is 0.478. The number of phenols is 1. The zero-order valence-electron chi connectivity index (χ0n) is 20.5. The molecular weight excluding hydrogens is 490 g/mol. The maximum atomic E-state index is 12.8. The maximum Gasteiger partial charge on any atom is 0.326 e. The number of carboxylic acids is 2. The third-order valence-electron chi connectivity index (χ3n) is 5.10. The van der Waals surface area contributed by atoms with Gasteiger partial charge in [0.15, 0.2) is 0 Å². The van der Waals surface area contributed by atoms with Gasteiger partial charge in [0.2, 0.25) is 23.6 Å². The lowest BCUT2D eigenvalue weighted by atomic mass is 10.0. The van der Waals surface area contributed by atoms with Crippen LogP contribution in [0, 0.1) is 5.92 Å². The Morgan fingerprint density at radius 2 is 1.30 bits per heavy atom. The lowest BCUT2D eigenvalue weighted by molar-refractivity contribution is -0.144. The summed E-state index contributed by atoms with van der Waals surface area (Å²) >= 11 is 0. The normalized spacial score (nSPS) is 14.1. The zero-order chi connectivity index (χ0) is 28.3. The molecule has 0 aromatic heterocycles. The van der Waals surface area contributed by atoms with Crippen LogP contribution in [0.25, 0.3) is 0 Å². The van der Waals surface area contributed by atoms with Gasteiger partial charge >= 0.3 is 11.9 Å². The average Bonchev–Trinajstić information content (AvgIpc) is 2.78. The predicted octanol–water partition coefficient (Wildman–Crippen LogP) is -1.80. The molecule has 0 fully saturated rings. The molecule has 1 rings (SSSR count). The Morgan fingerprint density at radius 3 is 1.76 bits per heavy atom. The van der Waals surface area contributed by atoms with Crippen LogP contribution in [0.2, 0.25) is 0 Å². The van der Waals surface area contributed by atoms with Crippen molar-refractivity contribution in [1.82, 2.24) is 16.0 Å². The minimum atomic E-state index is -1.71. The highest BCUT2D eigenvalue weighted by atomic mass is 16.4. The second-order valence-corrected chi connectivity index (χ2v) is 8.90. The van der Waals surface area contributed by atoms with Crippen LogP contribution in [-0.2, 0) is 35.2 Å². The molecule has 14 heteroatoms. The van der Waals surface area contributed by atoms with Crippen molar-refractivity contribution in [3.8, 4) is 5.75 Å². The summed E-state index contributed by atoms with van der Waals surface area (Å²) in [4.78, 5) is 72.3. The Kier molecular flexibility index (Phi) is 12.0. The fourth-order valence-corrected chi connectivity index (χ4v) is 3.29. The molecule has 4 amide bonds. The molecule has 0 aliphatic heterocycles. The third-order valence-corrected chi connectivity index (χ3v) is 5.10. The van der Waals surface area contributed by atoms with E-state index in [4.69, 9.17) is 11.5 Å². The molecule has 0 aliphatic carbocycles. The molecule has 0 radical (unpaired) electrons. The summed E-state index contributed by atoms with van der Waals surface area (Å²) in [5.41, 5.74) is 11.7. The van der Waals surface area contributed by atoms with Gasteiger partial charge in [0, 0.05) is 0 Å². The van der Waals surface area contributed by atoms with Crippen LogP contribution < -0.4 is 27.4 Å². The second kappa shape index (κ2) is 14.4. The van der Waals surface area contributed by atoms with Crippen LogP contribution in [0.5, 0.6) is 5.75 Å². The lowest BCUT2D eigenvalue weighted by Gasteiger charge is -2.24. The molecule has 4 unspecified atom stereocenters. The molecule has 1 aromatic carbocycles.